The first-order valence-electron chi connectivity index (χ1n) is 4.30. The van der Waals surface area contributed by atoms with Gasteiger partial charge < -0.3 is 0 Å². The number of allylic oxidation sites excluding steroid dienone is 2. The molecule has 0 fully saturated rings. The molecule has 0 radical (unpaired) electrons. The SMILES string of the molecule is CC1=NS(=O)(=O)N(C)C2=C1CCC2. The Bertz CT molecular complexity index is 406. The van der Waals surface area contributed by atoms with E-state index in [0.29, 0.717) is 5.71 Å². The van der Waals surface area contributed by atoms with Gasteiger partial charge in [0.25, 0.3) is 0 Å². The van der Waals surface area contributed by atoms with Gasteiger partial charge in [-0.1, -0.05) is 0 Å². The van der Waals surface area contributed by atoms with E-state index in [1.165, 1.54) is 4.31 Å². The van der Waals surface area contributed by atoms with E-state index in [-0.39, 0.29) is 0 Å². The van der Waals surface area contributed by atoms with Crippen LogP contribution in [0.5, 0.6) is 0 Å². The maximum absolute atomic E-state index is 11.4. The smallest absolute Gasteiger partial charge is 0.259 e. The summed E-state index contributed by atoms with van der Waals surface area (Å²) in [6, 6.07) is 0. The fourth-order valence-electron chi connectivity index (χ4n) is 1.89. The first-order chi connectivity index (χ1) is 6.02. The van der Waals surface area contributed by atoms with Crippen molar-refractivity contribution in [3.05, 3.63) is 11.3 Å². The van der Waals surface area contributed by atoms with Gasteiger partial charge in [0.2, 0.25) is 0 Å². The summed E-state index contributed by atoms with van der Waals surface area (Å²) in [7, 11) is -1.83. The molecule has 13 heavy (non-hydrogen) atoms. The van der Waals surface area contributed by atoms with Gasteiger partial charge >= 0.3 is 10.2 Å². The predicted octanol–water partition coefficient (Wildman–Crippen LogP) is 1.08. The van der Waals surface area contributed by atoms with Crippen LogP contribution in [-0.2, 0) is 10.2 Å². The number of hydrogen-bond acceptors (Lipinski definition) is 2. The topological polar surface area (TPSA) is 49.7 Å². The number of rotatable bonds is 0. The highest BCUT2D eigenvalue weighted by molar-refractivity contribution is 7.88. The molecule has 0 bridgehead atoms. The highest BCUT2D eigenvalue weighted by Gasteiger charge is 2.31. The predicted molar refractivity (Wildman–Crippen MR) is 50.7 cm³/mol. The minimum absolute atomic E-state index is 0.672. The van der Waals surface area contributed by atoms with Gasteiger partial charge in [-0.25, -0.2) is 0 Å². The Labute approximate surface area is 78.1 Å². The van der Waals surface area contributed by atoms with E-state index >= 15 is 0 Å². The van der Waals surface area contributed by atoms with E-state index in [2.05, 4.69) is 4.40 Å². The lowest BCUT2D eigenvalue weighted by Crippen LogP contribution is -2.29. The largest absolute Gasteiger partial charge is 0.344 e. The number of hydrogen-bond donors (Lipinski definition) is 0. The fourth-order valence-corrected chi connectivity index (χ4v) is 2.95. The van der Waals surface area contributed by atoms with Gasteiger partial charge in [0, 0.05) is 12.7 Å². The lowest BCUT2D eigenvalue weighted by molar-refractivity contribution is 0.516. The van der Waals surface area contributed by atoms with Crippen LogP contribution in [0.4, 0.5) is 0 Å². The van der Waals surface area contributed by atoms with E-state index in [1.807, 2.05) is 0 Å². The molecule has 0 saturated carbocycles. The molecule has 1 aliphatic carbocycles. The molecule has 72 valence electrons. The molecule has 0 saturated heterocycles. The Hall–Kier alpha value is -0.840. The third kappa shape index (κ3) is 1.18. The summed E-state index contributed by atoms with van der Waals surface area (Å²) < 4.78 is 27.9. The Balaban J connectivity index is 2.57. The summed E-state index contributed by atoms with van der Waals surface area (Å²) in [6.07, 6.45) is 2.86. The van der Waals surface area contributed by atoms with Crippen molar-refractivity contribution >= 4 is 15.9 Å². The van der Waals surface area contributed by atoms with Gasteiger partial charge in [-0.3, -0.25) is 4.31 Å². The maximum atomic E-state index is 11.4. The fraction of sp³-hybridized carbons (Fsp3) is 0.625. The van der Waals surface area contributed by atoms with Gasteiger partial charge in [0.15, 0.2) is 0 Å². The van der Waals surface area contributed by atoms with Crippen LogP contribution < -0.4 is 0 Å². The van der Waals surface area contributed by atoms with Crippen molar-refractivity contribution in [2.24, 2.45) is 4.40 Å². The Kier molecular flexibility index (Phi) is 1.73. The molecule has 1 aliphatic heterocycles. The normalized spacial score (nSPS) is 26.0. The number of nitrogens with zero attached hydrogens (tertiary/aromatic N) is 2. The van der Waals surface area contributed by atoms with Crippen molar-refractivity contribution in [3.8, 4) is 0 Å². The summed E-state index contributed by atoms with van der Waals surface area (Å²) in [6.45, 7) is 1.77. The van der Waals surface area contributed by atoms with Gasteiger partial charge in [-0.05, 0) is 31.8 Å². The molecular formula is C8H12N2O2S. The molecule has 0 atom stereocenters. The van der Waals surface area contributed by atoms with Gasteiger partial charge in [0.1, 0.15) is 0 Å². The summed E-state index contributed by atoms with van der Waals surface area (Å²) in [5.74, 6) is 0. The molecule has 5 heteroatoms. The van der Waals surface area contributed by atoms with Crippen LogP contribution in [0.2, 0.25) is 0 Å². The lowest BCUT2D eigenvalue weighted by Gasteiger charge is -2.23. The zero-order chi connectivity index (χ0) is 9.64. The molecule has 2 aliphatic rings. The van der Waals surface area contributed by atoms with Gasteiger partial charge in [-0.15, -0.1) is 4.40 Å². The third-order valence-corrected chi connectivity index (χ3v) is 4.02. The van der Waals surface area contributed by atoms with Crippen LogP contribution in [0.3, 0.4) is 0 Å². The molecule has 0 aromatic heterocycles. The van der Waals surface area contributed by atoms with Crippen molar-refractivity contribution in [2.75, 3.05) is 7.05 Å². The summed E-state index contributed by atoms with van der Waals surface area (Å²) in [4.78, 5) is 0. The van der Waals surface area contributed by atoms with Crippen molar-refractivity contribution in [2.45, 2.75) is 26.2 Å². The molecule has 4 nitrogen and oxygen atoms in total. The second-order valence-electron chi connectivity index (χ2n) is 3.40. The van der Waals surface area contributed by atoms with Crippen LogP contribution in [0.25, 0.3) is 0 Å². The molecule has 0 amide bonds. The first-order valence-corrected chi connectivity index (χ1v) is 5.70. The first kappa shape index (κ1) is 8.74. The van der Waals surface area contributed by atoms with Crippen LogP contribution in [0, 0.1) is 0 Å². The lowest BCUT2D eigenvalue weighted by atomic mass is 10.1. The Morgan fingerprint density at radius 2 is 2.08 bits per heavy atom. The summed E-state index contributed by atoms with van der Waals surface area (Å²) >= 11 is 0. The average Bonchev–Trinajstić information content (AvgIpc) is 2.47. The quantitative estimate of drug-likeness (QED) is 0.587. The van der Waals surface area contributed by atoms with E-state index in [4.69, 9.17) is 0 Å². The maximum Gasteiger partial charge on any atom is 0.344 e. The van der Waals surface area contributed by atoms with Crippen LogP contribution >= 0.6 is 0 Å². The van der Waals surface area contributed by atoms with E-state index in [1.54, 1.807) is 14.0 Å². The monoisotopic (exact) mass is 200 g/mol. The molecule has 2 rings (SSSR count). The second-order valence-corrected chi connectivity index (χ2v) is 5.03. The minimum Gasteiger partial charge on any atom is -0.259 e. The highest BCUT2D eigenvalue weighted by atomic mass is 32.2. The molecule has 1 heterocycles. The zero-order valence-corrected chi connectivity index (χ0v) is 8.56. The van der Waals surface area contributed by atoms with Crippen molar-refractivity contribution in [1.29, 1.82) is 0 Å². The van der Waals surface area contributed by atoms with Crippen LogP contribution in [0.15, 0.2) is 15.7 Å². The van der Waals surface area contributed by atoms with E-state index < -0.39 is 10.2 Å². The van der Waals surface area contributed by atoms with Gasteiger partial charge in [0.05, 0.1) is 5.71 Å². The zero-order valence-electron chi connectivity index (χ0n) is 7.74. The molecular weight excluding hydrogens is 188 g/mol. The van der Waals surface area contributed by atoms with E-state index in [9.17, 15) is 8.42 Å². The molecule has 0 aromatic rings. The van der Waals surface area contributed by atoms with Crippen molar-refractivity contribution in [3.63, 3.8) is 0 Å². The third-order valence-electron chi connectivity index (χ3n) is 2.60. The standard InChI is InChI=1S/C8H12N2O2S/c1-6-7-4-3-5-8(7)10(2)13(11,12)9-6/h3-5H2,1-2H3. The molecule has 0 unspecified atom stereocenters. The highest BCUT2D eigenvalue weighted by Crippen LogP contribution is 2.33. The molecule has 0 aromatic carbocycles. The van der Waals surface area contributed by atoms with E-state index in [0.717, 1.165) is 30.5 Å². The van der Waals surface area contributed by atoms with Crippen molar-refractivity contribution < 1.29 is 8.42 Å². The molecule has 0 spiro atoms. The van der Waals surface area contributed by atoms with Gasteiger partial charge in [-0.2, -0.15) is 8.42 Å². The molecule has 0 N–H and O–H groups in total. The van der Waals surface area contributed by atoms with Crippen LogP contribution in [-0.4, -0.2) is 25.5 Å². The van der Waals surface area contributed by atoms with Crippen LogP contribution in [0.1, 0.15) is 26.2 Å². The minimum atomic E-state index is -3.40. The second kappa shape index (κ2) is 2.57. The Morgan fingerprint density at radius 3 is 2.77 bits per heavy atom. The van der Waals surface area contributed by atoms with Crippen molar-refractivity contribution in [1.82, 2.24) is 4.31 Å². The summed E-state index contributed by atoms with van der Waals surface area (Å²) in [5.41, 5.74) is 2.73. The average molecular weight is 200 g/mol. The Morgan fingerprint density at radius 1 is 1.38 bits per heavy atom. The summed E-state index contributed by atoms with van der Waals surface area (Å²) in [5, 5.41) is 0.